The van der Waals surface area contributed by atoms with Crippen LogP contribution >= 0.6 is 23.2 Å². The fraction of sp³-hybridized carbons (Fsp3) is 0.667. The second-order valence-electron chi connectivity index (χ2n) is 6.78. The number of nitrogens with one attached hydrogen (secondary N) is 1. The van der Waals surface area contributed by atoms with E-state index in [1.54, 1.807) is 0 Å². The van der Waals surface area contributed by atoms with Crippen LogP contribution in [0.5, 0.6) is 0 Å². The average Bonchev–Trinajstić information content (AvgIpc) is 2.40. The molecule has 0 aromatic heterocycles. The molecule has 1 aliphatic rings. The van der Waals surface area contributed by atoms with Crippen molar-refractivity contribution in [1.82, 2.24) is 5.32 Å². The van der Waals surface area contributed by atoms with E-state index in [0.717, 1.165) is 29.8 Å². The predicted molar refractivity (Wildman–Crippen MR) is 93.2 cm³/mol. The van der Waals surface area contributed by atoms with Crippen molar-refractivity contribution >= 4 is 23.2 Å². The molecule has 1 aromatic carbocycles. The molecule has 118 valence electrons. The third-order valence-corrected chi connectivity index (χ3v) is 5.16. The van der Waals surface area contributed by atoms with Crippen molar-refractivity contribution in [3.05, 3.63) is 33.8 Å². The molecule has 2 rings (SSSR count). The Morgan fingerprint density at radius 1 is 1.14 bits per heavy atom. The molecule has 1 fully saturated rings. The maximum atomic E-state index is 6.47. The molecule has 0 aliphatic heterocycles. The monoisotopic (exact) mass is 327 g/mol. The maximum absolute atomic E-state index is 6.47. The minimum atomic E-state index is 0.347. The Hall–Kier alpha value is -0.240. The standard InChI is InChI=1S/C18H27Cl2N/c1-4-7-21-18(14-9-12(2)8-13(3)10-14)16-6-5-15(19)11-17(16)20/h5-6,11-14,18,21H,4,7-10H2,1-3H3. The van der Waals surface area contributed by atoms with Crippen LogP contribution in [0.2, 0.25) is 10.0 Å². The summed E-state index contributed by atoms with van der Waals surface area (Å²) in [5, 5.41) is 5.23. The predicted octanol–water partition coefficient (Wildman–Crippen LogP) is 6.11. The van der Waals surface area contributed by atoms with E-state index in [-0.39, 0.29) is 0 Å². The zero-order valence-corrected chi connectivity index (χ0v) is 14.8. The van der Waals surface area contributed by atoms with Gasteiger partial charge in [-0.25, -0.2) is 0 Å². The smallest absolute Gasteiger partial charge is 0.0468 e. The van der Waals surface area contributed by atoms with Crippen molar-refractivity contribution in [2.75, 3.05) is 6.54 Å². The van der Waals surface area contributed by atoms with Gasteiger partial charge in [0.1, 0.15) is 0 Å². The Kier molecular flexibility index (Phi) is 6.40. The molecule has 3 heteroatoms. The van der Waals surface area contributed by atoms with Gasteiger partial charge >= 0.3 is 0 Å². The summed E-state index contributed by atoms with van der Waals surface area (Å²) in [6.07, 6.45) is 5.06. The lowest BCUT2D eigenvalue weighted by Gasteiger charge is -2.37. The van der Waals surface area contributed by atoms with E-state index in [1.165, 1.54) is 24.8 Å². The molecular formula is C18H27Cl2N. The molecule has 0 spiro atoms. The van der Waals surface area contributed by atoms with Crippen LogP contribution in [0.3, 0.4) is 0 Å². The molecule has 1 aliphatic carbocycles. The van der Waals surface area contributed by atoms with Gasteiger partial charge in [-0.15, -0.1) is 0 Å². The summed E-state index contributed by atoms with van der Waals surface area (Å²) in [6.45, 7) is 7.99. The molecule has 1 saturated carbocycles. The molecule has 3 unspecified atom stereocenters. The summed E-state index contributed by atoms with van der Waals surface area (Å²) in [5.41, 5.74) is 1.21. The van der Waals surface area contributed by atoms with Crippen LogP contribution in [0.15, 0.2) is 18.2 Å². The largest absolute Gasteiger partial charge is 0.310 e. The lowest BCUT2D eigenvalue weighted by Crippen LogP contribution is -2.34. The Labute approximate surface area is 139 Å². The molecule has 1 N–H and O–H groups in total. The molecule has 21 heavy (non-hydrogen) atoms. The summed E-state index contributed by atoms with van der Waals surface area (Å²) >= 11 is 12.5. The second-order valence-corrected chi connectivity index (χ2v) is 7.62. The topological polar surface area (TPSA) is 12.0 Å². The van der Waals surface area contributed by atoms with Crippen molar-refractivity contribution in [3.8, 4) is 0 Å². The van der Waals surface area contributed by atoms with E-state index in [4.69, 9.17) is 23.2 Å². The van der Waals surface area contributed by atoms with Gasteiger partial charge in [0.15, 0.2) is 0 Å². The lowest BCUT2D eigenvalue weighted by atomic mass is 9.72. The number of rotatable bonds is 5. The highest BCUT2D eigenvalue weighted by Gasteiger charge is 2.31. The van der Waals surface area contributed by atoms with Crippen LogP contribution in [0.25, 0.3) is 0 Å². The molecule has 0 radical (unpaired) electrons. The van der Waals surface area contributed by atoms with Crippen LogP contribution in [0.4, 0.5) is 0 Å². The zero-order valence-electron chi connectivity index (χ0n) is 13.3. The highest BCUT2D eigenvalue weighted by atomic mass is 35.5. The van der Waals surface area contributed by atoms with Gasteiger partial charge in [0.25, 0.3) is 0 Å². The molecule has 0 bridgehead atoms. The Bertz CT molecular complexity index is 451. The number of benzene rings is 1. The van der Waals surface area contributed by atoms with Crippen LogP contribution in [0.1, 0.15) is 58.1 Å². The molecule has 0 amide bonds. The average molecular weight is 328 g/mol. The summed E-state index contributed by atoms with van der Waals surface area (Å²) < 4.78 is 0. The van der Waals surface area contributed by atoms with E-state index in [2.05, 4.69) is 32.2 Å². The van der Waals surface area contributed by atoms with Gasteiger partial charge in [0.2, 0.25) is 0 Å². The summed E-state index contributed by atoms with van der Waals surface area (Å²) in [6, 6.07) is 6.27. The van der Waals surface area contributed by atoms with Gasteiger partial charge in [0.05, 0.1) is 0 Å². The summed E-state index contributed by atoms with van der Waals surface area (Å²) in [5.74, 6) is 2.26. The molecule has 3 atom stereocenters. The fourth-order valence-corrected chi connectivity index (χ4v) is 4.39. The van der Waals surface area contributed by atoms with Gasteiger partial charge in [0, 0.05) is 16.1 Å². The molecular weight excluding hydrogens is 301 g/mol. The van der Waals surface area contributed by atoms with Crippen LogP contribution in [0, 0.1) is 17.8 Å². The Morgan fingerprint density at radius 3 is 2.38 bits per heavy atom. The van der Waals surface area contributed by atoms with Crippen LogP contribution < -0.4 is 5.32 Å². The number of hydrogen-bond donors (Lipinski definition) is 1. The van der Waals surface area contributed by atoms with Gasteiger partial charge in [-0.05, 0) is 67.7 Å². The van der Waals surface area contributed by atoms with E-state index in [1.807, 2.05) is 12.1 Å². The van der Waals surface area contributed by atoms with E-state index in [0.29, 0.717) is 17.0 Å². The Morgan fingerprint density at radius 2 is 1.81 bits per heavy atom. The van der Waals surface area contributed by atoms with E-state index in [9.17, 15) is 0 Å². The van der Waals surface area contributed by atoms with Gasteiger partial charge < -0.3 is 5.32 Å². The zero-order chi connectivity index (χ0) is 15.4. The van der Waals surface area contributed by atoms with E-state index >= 15 is 0 Å². The van der Waals surface area contributed by atoms with Crippen LogP contribution in [-0.4, -0.2) is 6.54 Å². The van der Waals surface area contributed by atoms with Gasteiger partial charge in [-0.2, -0.15) is 0 Å². The normalized spacial score (nSPS) is 27.6. The third kappa shape index (κ3) is 4.61. The van der Waals surface area contributed by atoms with Gasteiger partial charge in [-0.3, -0.25) is 0 Å². The maximum Gasteiger partial charge on any atom is 0.0468 e. The van der Waals surface area contributed by atoms with Crippen molar-refractivity contribution in [3.63, 3.8) is 0 Å². The van der Waals surface area contributed by atoms with Crippen molar-refractivity contribution < 1.29 is 0 Å². The highest BCUT2D eigenvalue weighted by molar-refractivity contribution is 6.35. The lowest BCUT2D eigenvalue weighted by molar-refractivity contribution is 0.176. The molecule has 0 saturated heterocycles. The number of hydrogen-bond acceptors (Lipinski definition) is 1. The van der Waals surface area contributed by atoms with Gasteiger partial charge in [-0.1, -0.05) is 50.0 Å². The molecule has 0 heterocycles. The SMILES string of the molecule is CCCNC(c1ccc(Cl)cc1Cl)C1CC(C)CC(C)C1. The molecule has 1 nitrogen and oxygen atoms in total. The minimum absolute atomic E-state index is 0.347. The van der Waals surface area contributed by atoms with Crippen molar-refractivity contribution in [2.45, 2.75) is 52.5 Å². The first-order valence-corrected chi connectivity index (χ1v) is 8.95. The first-order chi connectivity index (χ1) is 10.0. The molecule has 1 aromatic rings. The third-order valence-electron chi connectivity index (χ3n) is 4.60. The summed E-state index contributed by atoms with van der Waals surface area (Å²) in [4.78, 5) is 0. The quantitative estimate of drug-likeness (QED) is 0.688. The first kappa shape index (κ1) is 17.1. The first-order valence-electron chi connectivity index (χ1n) is 8.19. The minimum Gasteiger partial charge on any atom is -0.310 e. The Balaban J connectivity index is 2.24. The second kappa shape index (κ2) is 7.85. The van der Waals surface area contributed by atoms with Crippen molar-refractivity contribution in [1.29, 1.82) is 0 Å². The fourth-order valence-electron chi connectivity index (χ4n) is 3.87. The van der Waals surface area contributed by atoms with Crippen LogP contribution in [-0.2, 0) is 0 Å². The highest BCUT2D eigenvalue weighted by Crippen LogP contribution is 2.41. The van der Waals surface area contributed by atoms with Crippen molar-refractivity contribution in [2.24, 2.45) is 17.8 Å². The summed E-state index contributed by atoms with van der Waals surface area (Å²) in [7, 11) is 0. The van der Waals surface area contributed by atoms with E-state index < -0.39 is 0 Å². The number of halogens is 2.